The topological polar surface area (TPSA) is 55.5 Å². The molecule has 2 rings (SSSR count). The second-order valence-corrected chi connectivity index (χ2v) is 3.41. The summed E-state index contributed by atoms with van der Waals surface area (Å²) in [6.45, 7) is 0.543. The van der Waals surface area contributed by atoms with Crippen molar-refractivity contribution in [1.29, 1.82) is 0 Å². The van der Waals surface area contributed by atoms with Gasteiger partial charge in [0.25, 0.3) is 0 Å². The number of aliphatic hydroxyl groups is 1. The third-order valence-corrected chi connectivity index (χ3v) is 2.51. The number of hydrogen-bond donors (Lipinski definition) is 2. The Kier molecular flexibility index (Phi) is 1.98. The zero-order valence-corrected chi connectivity index (χ0v) is 7.36. The van der Waals surface area contributed by atoms with Gasteiger partial charge in [0.2, 0.25) is 0 Å². The van der Waals surface area contributed by atoms with Crippen molar-refractivity contribution in [1.82, 2.24) is 0 Å². The van der Waals surface area contributed by atoms with Crippen LogP contribution in [0.5, 0.6) is 5.75 Å². The van der Waals surface area contributed by atoms with E-state index in [1.54, 1.807) is 0 Å². The summed E-state index contributed by atoms with van der Waals surface area (Å²) in [6.07, 6.45) is 0.667. The molecule has 0 amide bonds. The Morgan fingerprint density at radius 2 is 2.23 bits per heavy atom. The first kappa shape index (κ1) is 8.53. The van der Waals surface area contributed by atoms with Crippen molar-refractivity contribution in [2.45, 2.75) is 12.0 Å². The molecule has 0 aromatic heterocycles. The highest BCUT2D eigenvalue weighted by atomic mass is 16.5. The summed E-state index contributed by atoms with van der Waals surface area (Å²) >= 11 is 0. The zero-order chi connectivity index (χ0) is 9.31. The minimum Gasteiger partial charge on any atom is -0.493 e. The Bertz CT molecular complexity index is 314. The first-order valence-corrected chi connectivity index (χ1v) is 4.38. The second-order valence-electron chi connectivity index (χ2n) is 3.41. The second kappa shape index (κ2) is 3.01. The van der Waals surface area contributed by atoms with Crippen molar-refractivity contribution in [3.63, 3.8) is 0 Å². The van der Waals surface area contributed by atoms with Gasteiger partial charge in [-0.3, -0.25) is 0 Å². The number of para-hydroxylation sites is 1. The van der Waals surface area contributed by atoms with Gasteiger partial charge >= 0.3 is 0 Å². The van der Waals surface area contributed by atoms with Gasteiger partial charge in [-0.25, -0.2) is 0 Å². The van der Waals surface area contributed by atoms with Crippen molar-refractivity contribution in [3.05, 3.63) is 29.8 Å². The summed E-state index contributed by atoms with van der Waals surface area (Å²) in [7, 11) is 0. The van der Waals surface area contributed by atoms with Gasteiger partial charge in [0, 0.05) is 12.0 Å². The Labute approximate surface area is 77.1 Å². The molecule has 0 radical (unpaired) electrons. The van der Waals surface area contributed by atoms with Gasteiger partial charge in [0.1, 0.15) is 5.75 Å². The predicted octanol–water partition coefficient (Wildman–Crippen LogP) is 0.615. The molecule has 0 fully saturated rings. The van der Waals surface area contributed by atoms with E-state index < -0.39 is 5.54 Å². The Morgan fingerprint density at radius 1 is 1.46 bits per heavy atom. The quantitative estimate of drug-likeness (QED) is 0.664. The van der Waals surface area contributed by atoms with Crippen LogP contribution in [0.15, 0.2) is 24.3 Å². The van der Waals surface area contributed by atoms with Crippen molar-refractivity contribution >= 4 is 0 Å². The van der Waals surface area contributed by atoms with E-state index in [0.717, 1.165) is 11.3 Å². The number of hydrogen-bond acceptors (Lipinski definition) is 3. The number of ether oxygens (including phenoxy) is 1. The van der Waals surface area contributed by atoms with E-state index in [1.165, 1.54) is 0 Å². The van der Waals surface area contributed by atoms with E-state index in [1.807, 2.05) is 24.3 Å². The van der Waals surface area contributed by atoms with Crippen LogP contribution in [0.3, 0.4) is 0 Å². The van der Waals surface area contributed by atoms with Gasteiger partial charge < -0.3 is 15.6 Å². The van der Waals surface area contributed by atoms with E-state index in [4.69, 9.17) is 10.5 Å². The SMILES string of the molecule is N[C@]1(CO)CCOc2ccccc21. The maximum atomic E-state index is 9.22. The molecule has 0 spiro atoms. The average Bonchev–Trinajstić information content (AvgIpc) is 2.19. The van der Waals surface area contributed by atoms with E-state index >= 15 is 0 Å². The molecule has 3 nitrogen and oxygen atoms in total. The lowest BCUT2D eigenvalue weighted by atomic mass is 9.86. The molecule has 0 saturated carbocycles. The lowest BCUT2D eigenvalue weighted by Gasteiger charge is -2.33. The molecule has 1 aliphatic heterocycles. The van der Waals surface area contributed by atoms with E-state index in [0.29, 0.717) is 13.0 Å². The standard InChI is InChI=1S/C10H13NO2/c11-10(7-12)5-6-13-9-4-2-1-3-8(9)10/h1-4,12H,5-7,11H2/t10-/m0/s1. The highest BCUT2D eigenvalue weighted by Crippen LogP contribution is 2.34. The van der Waals surface area contributed by atoms with E-state index in [-0.39, 0.29) is 6.61 Å². The molecule has 1 aromatic rings. The summed E-state index contributed by atoms with van der Waals surface area (Å²) in [5, 5.41) is 9.22. The van der Waals surface area contributed by atoms with Gasteiger partial charge in [0.05, 0.1) is 18.8 Å². The lowest BCUT2D eigenvalue weighted by molar-refractivity contribution is 0.138. The van der Waals surface area contributed by atoms with Gasteiger partial charge in [-0.05, 0) is 6.07 Å². The minimum absolute atomic E-state index is 0.0344. The van der Waals surface area contributed by atoms with Gasteiger partial charge in [-0.15, -0.1) is 0 Å². The fourth-order valence-corrected chi connectivity index (χ4v) is 1.65. The Hall–Kier alpha value is -1.06. The molecule has 1 aliphatic rings. The number of aliphatic hydroxyl groups excluding tert-OH is 1. The summed E-state index contributed by atoms with van der Waals surface area (Å²) in [4.78, 5) is 0. The molecule has 3 N–H and O–H groups in total. The molecular weight excluding hydrogens is 166 g/mol. The van der Waals surface area contributed by atoms with Crippen LogP contribution in [-0.4, -0.2) is 18.3 Å². The van der Waals surface area contributed by atoms with Crippen molar-refractivity contribution in [2.24, 2.45) is 5.73 Å². The van der Waals surface area contributed by atoms with Crippen molar-refractivity contribution in [3.8, 4) is 5.75 Å². The third kappa shape index (κ3) is 1.30. The molecular formula is C10H13NO2. The van der Waals surface area contributed by atoms with Crippen LogP contribution in [0.25, 0.3) is 0 Å². The molecule has 0 unspecified atom stereocenters. The first-order chi connectivity index (χ1) is 6.26. The largest absolute Gasteiger partial charge is 0.493 e. The molecule has 70 valence electrons. The van der Waals surface area contributed by atoms with Crippen LogP contribution in [0, 0.1) is 0 Å². The predicted molar refractivity (Wildman–Crippen MR) is 49.5 cm³/mol. The fraction of sp³-hybridized carbons (Fsp3) is 0.400. The fourth-order valence-electron chi connectivity index (χ4n) is 1.65. The maximum absolute atomic E-state index is 9.22. The van der Waals surface area contributed by atoms with Crippen LogP contribution in [0.4, 0.5) is 0 Å². The molecule has 3 heteroatoms. The number of nitrogens with two attached hydrogens (primary N) is 1. The van der Waals surface area contributed by atoms with E-state index in [2.05, 4.69) is 0 Å². The summed E-state index contributed by atoms with van der Waals surface area (Å²) < 4.78 is 5.43. The molecule has 1 aromatic carbocycles. The molecule has 1 heterocycles. The molecule has 0 aliphatic carbocycles. The Morgan fingerprint density at radius 3 is 3.00 bits per heavy atom. The number of benzene rings is 1. The summed E-state index contributed by atoms with van der Waals surface area (Å²) in [5.41, 5.74) is 6.33. The van der Waals surface area contributed by atoms with Crippen molar-refractivity contribution in [2.75, 3.05) is 13.2 Å². The van der Waals surface area contributed by atoms with Crippen LogP contribution in [0.2, 0.25) is 0 Å². The van der Waals surface area contributed by atoms with Crippen LogP contribution in [-0.2, 0) is 5.54 Å². The minimum atomic E-state index is -0.616. The number of fused-ring (bicyclic) bond motifs is 1. The summed E-state index contributed by atoms with van der Waals surface area (Å²) in [6, 6.07) is 7.60. The van der Waals surface area contributed by atoms with Gasteiger partial charge in [-0.1, -0.05) is 18.2 Å². The van der Waals surface area contributed by atoms with Crippen LogP contribution in [0.1, 0.15) is 12.0 Å². The van der Waals surface area contributed by atoms with Crippen LogP contribution >= 0.6 is 0 Å². The molecule has 0 bridgehead atoms. The summed E-state index contributed by atoms with van der Waals surface area (Å²) in [5.74, 6) is 0.797. The Balaban J connectivity index is 2.48. The van der Waals surface area contributed by atoms with E-state index in [9.17, 15) is 5.11 Å². The zero-order valence-electron chi connectivity index (χ0n) is 7.36. The molecule has 13 heavy (non-hydrogen) atoms. The highest BCUT2D eigenvalue weighted by Gasteiger charge is 2.32. The maximum Gasteiger partial charge on any atom is 0.124 e. The highest BCUT2D eigenvalue weighted by molar-refractivity contribution is 5.40. The average molecular weight is 179 g/mol. The van der Waals surface area contributed by atoms with Crippen molar-refractivity contribution < 1.29 is 9.84 Å². The smallest absolute Gasteiger partial charge is 0.124 e. The normalized spacial score (nSPS) is 26.3. The van der Waals surface area contributed by atoms with Gasteiger partial charge in [0.15, 0.2) is 0 Å². The monoisotopic (exact) mass is 179 g/mol. The van der Waals surface area contributed by atoms with Crippen LogP contribution < -0.4 is 10.5 Å². The third-order valence-electron chi connectivity index (χ3n) is 2.51. The van der Waals surface area contributed by atoms with Gasteiger partial charge in [-0.2, -0.15) is 0 Å². The molecule has 0 saturated heterocycles. The molecule has 1 atom stereocenters. The number of rotatable bonds is 1. The first-order valence-electron chi connectivity index (χ1n) is 4.38. The lowest BCUT2D eigenvalue weighted by Crippen LogP contribution is -2.44.